The molecule has 0 aliphatic rings. The Morgan fingerprint density at radius 1 is 1.47 bits per heavy atom. The van der Waals surface area contributed by atoms with Crippen LogP contribution >= 0.6 is 0 Å². The lowest BCUT2D eigenvalue weighted by atomic mass is 9.96. The largest absolute Gasteiger partial charge is 0.495 e. The van der Waals surface area contributed by atoms with Crippen molar-refractivity contribution in [2.75, 3.05) is 12.4 Å². The number of ether oxygens (including phenoxy) is 1. The SMILES string of the molecule is CCCC(C)(N)C(=O)Nc1ccccc1OC. The van der Waals surface area contributed by atoms with Crippen LogP contribution in [-0.2, 0) is 4.79 Å². The predicted octanol–water partition coefficient (Wildman–Crippen LogP) is 2.15. The highest BCUT2D eigenvalue weighted by molar-refractivity contribution is 5.98. The van der Waals surface area contributed by atoms with Gasteiger partial charge in [-0.1, -0.05) is 25.5 Å². The maximum atomic E-state index is 12.0. The summed E-state index contributed by atoms with van der Waals surface area (Å²) in [6.07, 6.45) is 1.51. The maximum absolute atomic E-state index is 12.0. The van der Waals surface area contributed by atoms with E-state index in [1.54, 1.807) is 26.2 Å². The van der Waals surface area contributed by atoms with E-state index in [0.29, 0.717) is 17.9 Å². The van der Waals surface area contributed by atoms with Crippen molar-refractivity contribution in [1.29, 1.82) is 0 Å². The van der Waals surface area contributed by atoms with E-state index >= 15 is 0 Å². The second-order valence-corrected chi connectivity index (χ2v) is 4.32. The minimum absolute atomic E-state index is 0.191. The van der Waals surface area contributed by atoms with Gasteiger partial charge < -0.3 is 15.8 Å². The zero-order valence-corrected chi connectivity index (χ0v) is 10.6. The van der Waals surface area contributed by atoms with E-state index in [1.165, 1.54) is 0 Å². The van der Waals surface area contributed by atoms with Crippen LogP contribution < -0.4 is 15.8 Å². The molecule has 1 atom stereocenters. The highest BCUT2D eigenvalue weighted by atomic mass is 16.5. The van der Waals surface area contributed by atoms with E-state index in [9.17, 15) is 4.79 Å². The van der Waals surface area contributed by atoms with Crippen LogP contribution in [0.1, 0.15) is 26.7 Å². The molecular formula is C13H20N2O2. The van der Waals surface area contributed by atoms with Crippen LogP contribution in [0.3, 0.4) is 0 Å². The van der Waals surface area contributed by atoms with Gasteiger partial charge in [-0.2, -0.15) is 0 Å². The minimum atomic E-state index is -0.852. The molecule has 1 aromatic carbocycles. The van der Waals surface area contributed by atoms with Crippen LogP contribution in [0.2, 0.25) is 0 Å². The summed E-state index contributed by atoms with van der Waals surface area (Å²) in [7, 11) is 1.57. The van der Waals surface area contributed by atoms with Gasteiger partial charge in [0.25, 0.3) is 0 Å². The molecule has 94 valence electrons. The van der Waals surface area contributed by atoms with Crippen LogP contribution in [0.5, 0.6) is 5.75 Å². The molecule has 1 amide bonds. The molecule has 0 aliphatic heterocycles. The lowest BCUT2D eigenvalue weighted by Gasteiger charge is -2.23. The number of methoxy groups -OCH3 is 1. The van der Waals surface area contributed by atoms with Crippen molar-refractivity contribution >= 4 is 11.6 Å². The Bertz CT molecular complexity index is 389. The van der Waals surface area contributed by atoms with Gasteiger partial charge in [0.1, 0.15) is 5.75 Å². The van der Waals surface area contributed by atoms with E-state index in [1.807, 2.05) is 19.1 Å². The monoisotopic (exact) mass is 236 g/mol. The molecule has 1 rings (SSSR count). The zero-order valence-electron chi connectivity index (χ0n) is 10.6. The van der Waals surface area contributed by atoms with Crippen LogP contribution in [0.15, 0.2) is 24.3 Å². The fourth-order valence-corrected chi connectivity index (χ4v) is 1.65. The average Bonchev–Trinajstić information content (AvgIpc) is 2.29. The number of nitrogens with one attached hydrogen (secondary N) is 1. The number of benzene rings is 1. The van der Waals surface area contributed by atoms with Gasteiger partial charge in [-0.15, -0.1) is 0 Å². The molecule has 0 aliphatic carbocycles. The molecule has 0 fully saturated rings. The highest BCUT2D eigenvalue weighted by Crippen LogP contribution is 2.24. The van der Waals surface area contributed by atoms with Crippen LogP contribution in [0.4, 0.5) is 5.69 Å². The standard InChI is InChI=1S/C13H20N2O2/c1-4-9-13(2,14)12(16)15-10-7-5-6-8-11(10)17-3/h5-8H,4,9,14H2,1-3H3,(H,15,16). The number of rotatable bonds is 5. The molecule has 0 aromatic heterocycles. The van der Waals surface area contributed by atoms with Gasteiger partial charge in [0.05, 0.1) is 18.3 Å². The fourth-order valence-electron chi connectivity index (χ4n) is 1.65. The van der Waals surface area contributed by atoms with Crippen molar-refractivity contribution in [2.45, 2.75) is 32.2 Å². The molecule has 3 N–H and O–H groups in total. The Kier molecular flexibility index (Phi) is 4.52. The Hall–Kier alpha value is -1.55. The minimum Gasteiger partial charge on any atom is -0.495 e. The Morgan fingerprint density at radius 2 is 2.12 bits per heavy atom. The first-order chi connectivity index (χ1) is 8.01. The molecule has 17 heavy (non-hydrogen) atoms. The molecule has 4 heteroatoms. The summed E-state index contributed by atoms with van der Waals surface area (Å²) in [5.41, 5.74) is 5.75. The summed E-state index contributed by atoms with van der Waals surface area (Å²) < 4.78 is 5.16. The second kappa shape index (κ2) is 5.68. The van der Waals surface area contributed by atoms with Crippen molar-refractivity contribution in [1.82, 2.24) is 0 Å². The molecule has 0 spiro atoms. The summed E-state index contributed by atoms with van der Waals surface area (Å²) in [4.78, 5) is 12.0. The van der Waals surface area contributed by atoms with Crippen molar-refractivity contribution in [3.05, 3.63) is 24.3 Å². The quantitative estimate of drug-likeness (QED) is 0.823. The normalized spacial score (nSPS) is 13.9. The average molecular weight is 236 g/mol. The first-order valence-corrected chi connectivity index (χ1v) is 5.74. The van der Waals surface area contributed by atoms with E-state index in [0.717, 1.165) is 6.42 Å². The molecule has 0 saturated heterocycles. The number of hydrogen-bond acceptors (Lipinski definition) is 3. The van der Waals surface area contributed by atoms with Crippen molar-refractivity contribution in [3.63, 3.8) is 0 Å². The van der Waals surface area contributed by atoms with Gasteiger partial charge in [-0.3, -0.25) is 4.79 Å². The molecule has 0 saturated carbocycles. The highest BCUT2D eigenvalue weighted by Gasteiger charge is 2.27. The molecule has 0 heterocycles. The van der Waals surface area contributed by atoms with Crippen molar-refractivity contribution < 1.29 is 9.53 Å². The third kappa shape index (κ3) is 3.46. The maximum Gasteiger partial charge on any atom is 0.244 e. The van der Waals surface area contributed by atoms with Gasteiger partial charge >= 0.3 is 0 Å². The Labute approximate surface area is 102 Å². The molecule has 4 nitrogen and oxygen atoms in total. The van der Waals surface area contributed by atoms with E-state index in [2.05, 4.69) is 5.32 Å². The zero-order chi connectivity index (χ0) is 12.9. The van der Waals surface area contributed by atoms with Crippen molar-refractivity contribution in [2.24, 2.45) is 5.73 Å². The molecule has 1 unspecified atom stereocenters. The molecule has 0 bridgehead atoms. The van der Waals surface area contributed by atoms with Gasteiger partial charge in [0, 0.05) is 0 Å². The number of carbonyl (C=O) groups excluding carboxylic acids is 1. The number of nitrogens with two attached hydrogens (primary N) is 1. The van der Waals surface area contributed by atoms with Gasteiger partial charge in [-0.05, 0) is 25.5 Å². The summed E-state index contributed by atoms with van der Waals surface area (Å²) in [6, 6.07) is 7.27. The lowest BCUT2D eigenvalue weighted by Crippen LogP contribution is -2.48. The van der Waals surface area contributed by atoms with Crippen LogP contribution in [0.25, 0.3) is 0 Å². The van der Waals surface area contributed by atoms with Crippen LogP contribution in [0, 0.1) is 0 Å². The number of para-hydroxylation sites is 2. The Balaban J connectivity index is 2.80. The van der Waals surface area contributed by atoms with Gasteiger partial charge in [0.2, 0.25) is 5.91 Å². The van der Waals surface area contributed by atoms with Crippen LogP contribution in [-0.4, -0.2) is 18.6 Å². The van der Waals surface area contributed by atoms with E-state index in [4.69, 9.17) is 10.5 Å². The lowest BCUT2D eigenvalue weighted by molar-refractivity contribution is -0.120. The predicted molar refractivity (Wildman–Crippen MR) is 69.1 cm³/mol. The third-order valence-corrected chi connectivity index (χ3v) is 2.64. The Morgan fingerprint density at radius 3 is 2.71 bits per heavy atom. The second-order valence-electron chi connectivity index (χ2n) is 4.32. The van der Waals surface area contributed by atoms with Gasteiger partial charge in [-0.25, -0.2) is 0 Å². The number of anilines is 1. The molecule has 1 aromatic rings. The first kappa shape index (κ1) is 13.5. The van der Waals surface area contributed by atoms with Gasteiger partial charge in [0.15, 0.2) is 0 Å². The third-order valence-electron chi connectivity index (χ3n) is 2.64. The van der Waals surface area contributed by atoms with E-state index < -0.39 is 5.54 Å². The topological polar surface area (TPSA) is 64.4 Å². The fraction of sp³-hybridized carbons (Fsp3) is 0.462. The molecular weight excluding hydrogens is 216 g/mol. The summed E-state index contributed by atoms with van der Waals surface area (Å²) in [5, 5.41) is 2.80. The number of amides is 1. The first-order valence-electron chi connectivity index (χ1n) is 5.74. The summed E-state index contributed by atoms with van der Waals surface area (Å²) in [5.74, 6) is 0.442. The van der Waals surface area contributed by atoms with E-state index in [-0.39, 0.29) is 5.91 Å². The number of carbonyl (C=O) groups is 1. The van der Waals surface area contributed by atoms with Crippen molar-refractivity contribution in [3.8, 4) is 5.75 Å². The molecule has 0 radical (unpaired) electrons. The summed E-state index contributed by atoms with van der Waals surface area (Å²) >= 11 is 0. The smallest absolute Gasteiger partial charge is 0.244 e. The summed E-state index contributed by atoms with van der Waals surface area (Å²) in [6.45, 7) is 3.74. The number of hydrogen-bond donors (Lipinski definition) is 2.